The SMILES string of the molecule is O=C(O)c1cccc(-c2ncc3cn[nH]c3n2)c1C(=O)N1CCCCC1. The minimum absolute atomic E-state index is 0.0358. The number of aromatic carboxylic acids is 1. The highest BCUT2D eigenvalue weighted by atomic mass is 16.4. The van der Waals surface area contributed by atoms with E-state index in [4.69, 9.17) is 0 Å². The van der Waals surface area contributed by atoms with Gasteiger partial charge >= 0.3 is 5.97 Å². The topological polar surface area (TPSA) is 112 Å². The summed E-state index contributed by atoms with van der Waals surface area (Å²) in [5, 5.41) is 17.0. The molecule has 2 aromatic heterocycles. The summed E-state index contributed by atoms with van der Waals surface area (Å²) < 4.78 is 0. The zero-order valence-electron chi connectivity index (χ0n) is 14.0. The first-order valence-corrected chi connectivity index (χ1v) is 8.47. The van der Waals surface area contributed by atoms with E-state index < -0.39 is 5.97 Å². The van der Waals surface area contributed by atoms with Gasteiger partial charge in [0.1, 0.15) is 0 Å². The highest BCUT2D eigenvalue weighted by molar-refractivity contribution is 6.09. The second kappa shape index (κ2) is 6.55. The van der Waals surface area contributed by atoms with E-state index in [1.54, 1.807) is 29.4 Å². The van der Waals surface area contributed by atoms with Gasteiger partial charge in [-0.05, 0) is 25.3 Å². The lowest BCUT2D eigenvalue weighted by Gasteiger charge is -2.28. The largest absolute Gasteiger partial charge is 0.478 e. The maximum absolute atomic E-state index is 13.1. The average Bonchev–Trinajstić information content (AvgIpc) is 3.15. The lowest BCUT2D eigenvalue weighted by atomic mass is 9.97. The Kier molecular flexibility index (Phi) is 4.08. The molecule has 1 fully saturated rings. The number of rotatable bonds is 3. The van der Waals surface area contributed by atoms with Crippen molar-refractivity contribution >= 4 is 22.9 Å². The fourth-order valence-corrected chi connectivity index (χ4v) is 3.27. The maximum atomic E-state index is 13.1. The van der Waals surface area contributed by atoms with Gasteiger partial charge in [0.25, 0.3) is 5.91 Å². The zero-order valence-corrected chi connectivity index (χ0v) is 14.0. The third kappa shape index (κ3) is 2.79. The van der Waals surface area contributed by atoms with Crippen LogP contribution < -0.4 is 0 Å². The molecule has 2 N–H and O–H groups in total. The van der Waals surface area contributed by atoms with Crippen molar-refractivity contribution < 1.29 is 14.7 Å². The molecule has 26 heavy (non-hydrogen) atoms. The van der Waals surface area contributed by atoms with Crippen LogP contribution in [0.3, 0.4) is 0 Å². The van der Waals surface area contributed by atoms with Gasteiger partial charge in [0.15, 0.2) is 11.5 Å². The van der Waals surface area contributed by atoms with Crippen LogP contribution in [0.4, 0.5) is 0 Å². The van der Waals surface area contributed by atoms with Gasteiger partial charge in [-0.3, -0.25) is 9.89 Å². The highest BCUT2D eigenvalue weighted by Gasteiger charge is 2.27. The number of carboxylic acids is 1. The molecule has 0 aliphatic carbocycles. The van der Waals surface area contributed by atoms with Crippen LogP contribution in [0.25, 0.3) is 22.4 Å². The van der Waals surface area contributed by atoms with Gasteiger partial charge in [-0.2, -0.15) is 5.10 Å². The predicted molar refractivity (Wildman–Crippen MR) is 93.8 cm³/mol. The molecule has 0 radical (unpaired) electrons. The number of hydrogen-bond acceptors (Lipinski definition) is 5. The molecule has 8 nitrogen and oxygen atoms in total. The Morgan fingerprint density at radius 1 is 1.12 bits per heavy atom. The molecule has 0 spiro atoms. The fraction of sp³-hybridized carbons (Fsp3) is 0.278. The molecule has 1 aromatic carbocycles. The number of nitrogens with one attached hydrogen (secondary N) is 1. The summed E-state index contributed by atoms with van der Waals surface area (Å²) in [7, 11) is 0. The van der Waals surface area contributed by atoms with Crippen LogP contribution in [0.5, 0.6) is 0 Å². The van der Waals surface area contributed by atoms with Crippen molar-refractivity contribution in [1.29, 1.82) is 0 Å². The molecule has 0 unspecified atom stereocenters. The van der Waals surface area contributed by atoms with Crippen molar-refractivity contribution in [2.24, 2.45) is 0 Å². The highest BCUT2D eigenvalue weighted by Crippen LogP contribution is 2.27. The Hall–Kier alpha value is -3.29. The number of fused-ring (bicyclic) bond motifs is 1. The van der Waals surface area contributed by atoms with Gasteiger partial charge in [0.2, 0.25) is 0 Å². The lowest BCUT2D eigenvalue weighted by molar-refractivity contribution is 0.0666. The minimum Gasteiger partial charge on any atom is -0.478 e. The summed E-state index contributed by atoms with van der Waals surface area (Å²) in [5.41, 5.74) is 1.05. The molecule has 1 amide bonds. The van der Waals surface area contributed by atoms with Crippen LogP contribution in [0.2, 0.25) is 0 Å². The molecule has 4 rings (SSSR count). The number of piperidine rings is 1. The number of carbonyl (C=O) groups is 2. The summed E-state index contributed by atoms with van der Waals surface area (Å²) in [4.78, 5) is 35.3. The number of likely N-dealkylation sites (tertiary alicyclic amines) is 1. The van der Waals surface area contributed by atoms with E-state index in [1.165, 1.54) is 6.07 Å². The van der Waals surface area contributed by atoms with Gasteiger partial charge in [0.05, 0.1) is 22.7 Å². The minimum atomic E-state index is -1.14. The molecule has 0 atom stereocenters. The van der Waals surface area contributed by atoms with Crippen LogP contribution in [0.15, 0.2) is 30.6 Å². The Morgan fingerprint density at radius 2 is 1.92 bits per heavy atom. The van der Waals surface area contributed by atoms with E-state index in [0.29, 0.717) is 30.1 Å². The van der Waals surface area contributed by atoms with Crippen LogP contribution in [0, 0.1) is 0 Å². The monoisotopic (exact) mass is 351 g/mol. The van der Waals surface area contributed by atoms with E-state index in [2.05, 4.69) is 20.2 Å². The van der Waals surface area contributed by atoms with Crippen LogP contribution in [-0.4, -0.2) is 55.1 Å². The standard InChI is InChI=1S/C18H17N5O3/c24-17(23-7-2-1-3-8-23)14-12(5-4-6-13(14)18(25)26)16-19-9-11-10-20-22-15(11)21-16/h4-6,9-10H,1-3,7-8H2,(H,25,26)(H,19,20,21,22). The molecule has 0 saturated carbocycles. The molecule has 3 aromatic rings. The number of benzene rings is 1. The van der Waals surface area contributed by atoms with E-state index in [-0.39, 0.29) is 17.0 Å². The number of amides is 1. The second-order valence-electron chi connectivity index (χ2n) is 6.25. The van der Waals surface area contributed by atoms with Crippen LogP contribution in [-0.2, 0) is 0 Å². The first-order valence-electron chi connectivity index (χ1n) is 8.47. The molecular formula is C18H17N5O3. The summed E-state index contributed by atoms with van der Waals surface area (Å²) in [6, 6.07) is 4.73. The molecule has 1 aliphatic rings. The van der Waals surface area contributed by atoms with Crippen LogP contribution >= 0.6 is 0 Å². The Labute approximate surface area is 148 Å². The van der Waals surface area contributed by atoms with Crippen molar-refractivity contribution in [3.05, 3.63) is 41.7 Å². The third-order valence-corrected chi connectivity index (χ3v) is 4.58. The Balaban J connectivity index is 1.87. The normalized spacial score (nSPS) is 14.5. The fourth-order valence-electron chi connectivity index (χ4n) is 3.27. The molecule has 8 heteroatoms. The molecular weight excluding hydrogens is 334 g/mol. The molecule has 0 bridgehead atoms. The van der Waals surface area contributed by atoms with Crippen molar-refractivity contribution in [3.63, 3.8) is 0 Å². The van der Waals surface area contributed by atoms with Gasteiger partial charge in [-0.1, -0.05) is 12.1 Å². The van der Waals surface area contributed by atoms with Crippen LogP contribution in [0.1, 0.15) is 40.0 Å². The first kappa shape index (κ1) is 16.2. The maximum Gasteiger partial charge on any atom is 0.336 e. The van der Waals surface area contributed by atoms with E-state index in [9.17, 15) is 14.7 Å². The number of carbonyl (C=O) groups excluding carboxylic acids is 1. The van der Waals surface area contributed by atoms with E-state index >= 15 is 0 Å². The number of aromatic amines is 1. The molecule has 1 saturated heterocycles. The predicted octanol–water partition coefficient (Wildman–Crippen LogP) is 2.34. The quantitative estimate of drug-likeness (QED) is 0.749. The number of hydrogen-bond donors (Lipinski definition) is 2. The summed E-state index contributed by atoms with van der Waals surface area (Å²) in [5.74, 6) is -1.13. The number of carboxylic acid groups (broad SMARTS) is 1. The van der Waals surface area contributed by atoms with Crippen molar-refractivity contribution in [2.45, 2.75) is 19.3 Å². The Morgan fingerprint density at radius 3 is 2.69 bits per heavy atom. The van der Waals surface area contributed by atoms with Crippen molar-refractivity contribution in [2.75, 3.05) is 13.1 Å². The lowest BCUT2D eigenvalue weighted by Crippen LogP contribution is -2.36. The number of H-pyrrole nitrogens is 1. The van der Waals surface area contributed by atoms with Crippen molar-refractivity contribution in [3.8, 4) is 11.4 Å². The summed E-state index contributed by atoms with van der Waals surface area (Å²) in [6.45, 7) is 1.26. The van der Waals surface area contributed by atoms with Gasteiger partial charge < -0.3 is 10.0 Å². The summed E-state index contributed by atoms with van der Waals surface area (Å²) >= 11 is 0. The average molecular weight is 351 g/mol. The van der Waals surface area contributed by atoms with E-state index in [0.717, 1.165) is 24.6 Å². The van der Waals surface area contributed by atoms with Gasteiger partial charge in [-0.15, -0.1) is 0 Å². The number of aromatic nitrogens is 4. The first-order chi connectivity index (χ1) is 12.6. The van der Waals surface area contributed by atoms with Crippen molar-refractivity contribution in [1.82, 2.24) is 25.1 Å². The smallest absolute Gasteiger partial charge is 0.336 e. The van der Waals surface area contributed by atoms with E-state index in [1.807, 2.05) is 0 Å². The zero-order chi connectivity index (χ0) is 18.1. The third-order valence-electron chi connectivity index (χ3n) is 4.58. The summed E-state index contributed by atoms with van der Waals surface area (Å²) in [6.07, 6.45) is 6.13. The van der Waals surface area contributed by atoms with Gasteiger partial charge in [0, 0.05) is 24.8 Å². The number of nitrogens with zero attached hydrogens (tertiary/aromatic N) is 4. The van der Waals surface area contributed by atoms with Gasteiger partial charge in [-0.25, -0.2) is 14.8 Å². The molecule has 132 valence electrons. The Bertz CT molecular complexity index is 991. The second-order valence-corrected chi connectivity index (χ2v) is 6.25. The molecule has 3 heterocycles. The molecule has 1 aliphatic heterocycles.